The van der Waals surface area contributed by atoms with E-state index in [1.807, 2.05) is 25.1 Å². The molecule has 0 aromatic heterocycles. The lowest BCUT2D eigenvalue weighted by Gasteiger charge is -2.31. The van der Waals surface area contributed by atoms with E-state index < -0.39 is 0 Å². The molecule has 132 valence electrons. The molecule has 1 fully saturated rings. The summed E-state index contributed by atoms with van der Waals surface area (Å²) in [5.74, 6) is 5.72. The molecule has 24 heavy (non-hydrogen) atoms. The van der Waals surface area contributed by atoms with Gasteiger partial charge in [0.2, 0.25) is 5.91 Å². The van der Waals surface area contributed by atoms with Crippen molar-refractivity contribution in [1.82, 2.24) is 10.3 Å². The van der Waals surface area contributed by atoms with Gasteiger partial charge in [-0.2, -0.15) is 0 Å². The van der Waals surface area contributed by atoms with Gasteiger partial charge in [-0.25, -0.2) is 5.84 Å². The number of piperidine rings is 1. The summed E-state index contributed by atoms with van der Waals surface area (Å²) in [6.45, 7) is 7.23. The molecule has 3 N–H and O–H groups in total. The average molecular weight is 333 g/mol. The second-order valence-electron chi connectivity index (χ2n) is 6.67. The van der Waals surface area contributed by atoms with Gasteiger partial charge in [-0.3, -0.25) is 15.0 Å². The van der Waals surface area contributed by atoms with E-state index in [1.165, 1.54) is 0 Å². The molecule has 1 unspecified atom stereocenters. The molecule has 1 atom stereocenters. The lowest BCUT2D eigenvalue weighted by Crippen LogP contribution is -2.48. The molecule has 2 amide bonds. The van der Waals surface area contributed by atoms with Crippen LogP contribution in [0.5, 0.6) is 5.75 Å². The summed E-state index contributed by atoms with van der Waals surface area (Å²) in [4.78, 5) is 25.8. The number of carbonyl (C=O) groups excluding carboxylic acids is 2. The van der Waals surface area contributed by atoms with Crippen molar-refractivity contribution in [3.63, 3.8) is 0 Å². The number of aryl methyl sites for hydroxylation is 1. The molecule has 1 heterocycles. The van der Waals surface area contributed by atoms with Crippen LogP contribution >= 0.6 is 0 Å². The number of hydrogen-bond acceptors (Lipinski definition) is 4. The largest absolute Gasteiger partial charge is 0.483 e. The van der Waals surface area contributed by atoms with Gasteiger partial charge in [-0.15, -0.1) is 0 Å². The van der Waals surface area contributed by atoms with Crippen LogP contribution in [-0.2, 0) is 9.59 Å². The molecule has 1 aromatic carbocycles. The summed E-state index contributed by atoms with van der Waals surface area (Å²) in [7, 11) is 0. The van der Waals surface area contributed by atoms with Gasteiger partial charge >= 0.3 is 0 Å². The molecule has 1 aromatic rings. The van der Waals surface area contributed by atoms with E-state index in [9.17, 15) is 9.59 Å². The smallest absolute Gasteiger partial charge is 0.260 e. The summed E-state index contributed by atoms with van der Waals surface area (Å²) in [6.07, 6.45) is 1.55. The Morgan fingerprint density at radius 1 is 1.42 bits per heavy atom. The maximum Gasteiger partial charge on any atom is 0.260 e. The third-order valence-corrected chi connectivity index (χ3v) is 4.43. The van der Waals surface area contributed by atoms with Crippen LogP contribution in [0.2, 0.25) is 0 Å². The molecule has 0 saturated carbocycles. The quantitative estimate of drug-likeness (QED) is 0.488. The van der Waals surface area contributed by atoms with Crippen LogP contribution < -0.4 is 16.0 Å². The highest BCUT2D eigenvalue weighted by atomic mass is 16.5. The lowest BCUT2D eigenvalue weighted by molar-refractivity contribution is -0.137. The van der Waals surface area contributed by atoms with E-state index in [2.05, 4.69) is 19.3 Å². The monoisotopic (exact) mass is 333 g/mol. The summed E-state index contributed by atoms with van der Waals surface area (Å²) >= 11 is 0. The van der Waals surface area contributed by atoms with Crippen molar-refractivity contribution in [2.24, 2.45) is 11.8 Å². The van der Waals surface area contributed by atoms with Gasteiger partial charge in [0.25, 0.3) is 5.91 Å². The maximum atomic E-state index is 12.4. The Morgan fingerprint density at radius 3 is 2.83 bits per heavy atom. The highest BCUT2D eigenvalue weighted by Gasteiger charge is 2.28. The number of amides is 2. The summed E-state index contributed by atoms with van der Waals surface area (Å²) in [5.41, 5.74) is 4.36. The van der Waals surface area contributed by atoms with Crippen molar-refractivity contribution in [3.8, 4) is 5.75 Å². The zero-order valence-electron chi connectivity index (χ0n) is 14.7. The van der Waals surface area contributed by atoms with Crippen LogP contribution in [0.15, 0.2) is 18.2 Å². The van der Waals surface area contributed by atoms with Gasteiger partial charge < -0.3 is 9.64 Å². The molecule has 6 nitrogen and oxygen atoms in total. The Morgan fingerprint density at radius 2 is 2.17 bits per heavy atom. The standard InChI is InChI=1S/C18H27N3O3/c1-12(2)15-7-6-13(3)9-16(15)24-11-17(22)21-8-4-5-14(10-21)18(23)20-19/h6-7,9,12,14H,4-5,8,10-11,19H2,1-3H3,(H,20,23). The zero-order valence-corrected chi connectivity index (χ0v) is 14.7. The number of nitrogens with zero attached hydrogens (tertiary/aromatic N) is 1. The van der Waals surface area contributed by atoms with Gasteiger partial charge in [0.1, 0.15) is 5.75 Å². The van der Waals surface area contributed by atoms with E-state index in [-0.39, 0.29) is 24.3 Å². The number of likely N-dealkylation sites (tertiary alicyclic amines) is 1. The first-order chi connectivity index (χ1) is 11.4. The van der Waals surface area contributed by atoms with Gasteiger partial charge in [-0.05, 0) is 42.9 Å². The van der Waals surface area contributed by atoms with Gasteiger partial charge in [0.15, 0.2) is 6.61 Å². The van der Waals surface area contributed by atoms with Gasteiger partial charge in [-0.1, -0.05) is 26.0 Å². The minimum Gasteiger partial charge on any atom is -0.483 e. The molecule has 1 aliphatic heterocycles. The summed E-state index contributed by atoms with van der Waals surface area (Å²) < 4.78 is 5.80. The molecule has 1 aliphatic rings. The number of carbonyl (C=O) groups is 2. The molecule has 6 heteroatoms. The SMILES string of the molecule is Cc1ccc(C(C)C)c(OCC(=O)N2CCCC(C(=O)NN)C2)c1. The number of rotatable bonds is 5. The third-order valence-electron chi connectivity index (χ3n) is 4.43. The molecule has 0 radical (unpaired) electrons. The van der Waals surface area contributed by atoms with Crippen molar-refractivity contribution in [1.29, 1.82) is 0 Å². The normalized spacial score (nSPS) is 17.7. The minimum atomic E-state index is -0.238. The van der Waals surface area contributed by atoms with Crippen LogP contribution in [0, 0.1) is 12.8 Å². The van der Waals surface area contributed by atoms with E-state index in [0.29, 0.717) is 19.0 Å². The molecular weight excluding hydrogens is 306 g/mol. The lowest BCUT2D eigenvalue weighted by atomic mass is 9.97. The van der Waals surface area contributed by atoms with Crippen molar-refractivity contribution < 1.29 is 14.3 Å². The Labute approximate surface area is 143 Å². The molecule has 1 saturated heterocycles. The number of benzene rings is 1. The van der Waals surface area contributed by atoms with Crippen LogP contribution in [0.1, 0.15) is 43.7 Å². The Balaban J connectivity index is 1.98. The topological polar surface area (TPSA) is 84.7 Å². The maximum absolute atomic E-state index is 12.4. The molecule has 0 bridgehead atoms. The van der Waals surface area contributed by atoms with Crippen molar-refractivity contribution in [3.05, 3.63) is 29.3 Å². The Kier molecular flexibility index (Phi) is 6.20. The highest BCUT2D eigenvalue weighted by Crippen LogP contribution is 2.27. The fourth-order valence-corrected chi connectivity index (χ4v) is 3.01. The first-order valence-corrected chi connectivity index (χ1v) is 8.44. The van der Waals surface area contributed by atoms with Crippen molar-refractivity contribution in [2.75, 3.05) is 19.7 Å². The van der Waals surface area contributed by atoms with Gasteiger partial charge in [0, 0.05) is 13.1 Å². The number of hydrazine groups is 1. The van der Waals surface area contributed by atoms with Crippen LogP contribution in [0.3, 0.4) is 0 Å². The van der Waals surface area contributed by atoms with Crippen LogP contribution in [0.25, 0.3) is 0 Å². The predicted octanol–water partition coefficient (Wildman–Crippen LogP) is 1.73. The fourth-order valence-electron chi connectivity index (χ4n) is 3.01. The third kappa shape index (κ3) is 4.47. The van der Waals surface area contributed by atoms with Crippen molar-refractivity contribution >= 4 is 11.8 Å². The van der Waals surface area contributed by atoms with E-state index in [0.717, 1.165) is 29.7 Å². The number of ether oxygens (including phenoxy) is 1. The van der Waals surface area contributed by atoms with Gasteiger partial charge in [0.05, 0.1) is 5.92 Å². The highest BCUT2D eigenvalue weighted by molar-refractivity contribution is 5.81. The number of nitrogens with two attached hydrogens (primary N) is 1. The number of nitrogens with one attached hydrogen (secondary N) is 1. The molecule has 2 rings (SSSR count). The van der Waals surface area contributed by atoms with Crippen LogP contribution in [-0.4, -0.2) is 36.4 Å². The fraction of sp³-hybridized carbons (Fsp3) is 0.556. The summed E-state index contributed by atoms with van der Waals surface area (Å²) in [5, 5.41) is 0. The first-order valence-electron chi connectivity index (χ1n) is 8.44. The first kappa shape index (κ1) is 18.3. The number of hydrogen-bond donors (Lipinski definition) is 2. The van der Waals surface area contributed by atoms with Crippen molar-refractivity contribution in [2.45, 2.75) is 39.5 Å². The Hall–Kier alpha value is -2.08. The van der Waals surface area contributed by atoms with E-state index in [1.54, 1.807) is 4.90 Å². The average Bonchev–Trinajstić information content (AvgIpc) is 2.58. The molecule has 0 spiro atoms. The second kappa shape index (κ2) is 8.15. The van der Waals surface area contributed by atoms with Crippen LogP contribution in [0.4, 0.5) is 0 Å². The zero-order chi connectivity index (χ0) is 17.7. The molecular formula is C18H27N3O3. The van der Waals surface area contributed by atoms with E-state index in [4.69, 9.17) is 10.6 Å². The predicted molar refractivity (Wildman–Crippen MR) is 92.4 cm³/mol. The Bertz CT molecular complexity index is 601. The second-order valence-corrected chi connectivity index (χ2v) is 6.67. The van der Waals surface area contributed by atoms with E-state index >= 15 is 0 Å². The minimum absolute atomic E-state index is 0.0138. The summed E-state index contributed by atoms with van der Waals surface area (Å²) in [6, 6.07) is 6.05. The molecule has 0 aliphatic carbocycles.